The quantitative estimate of drug-likeness (QED) is 0.628. The van der Waals surface area contributed by atoms with Crippen LogP contribution in [0.5, 0.6) is 0 Å². The summed E-state index contributed by atoms with van der Waals surface area (Å²) in [5.74, 6) is -0.943. The van der Waals surface area contributed by atoms with Crippen molar-refractivity contribution in [1.29, 1.82) is 5.26 Å². The smallest absolute Gasteiger partial charge is 0.212 e. The lowest BCUT2D eigenvalue weighted by molar-refractivity contribution is 0.582. The molecule has 0 aliphatic heterocycles. The fourth-order valence-electron chi connectivity index (χ4n) is 1.09. The number of hydrogen-bond acceptors (Lipinski definition) is 3. The molecule has 0 fully saturated rings. The van der Waals surface area contributed by atoms with E-state index < -0.39 is 11.9 Å². The predicted molar refractivity (Wildman–Crippen MR) is 70.3 cm³/mol. The molecule has 0 saturated heterocycles. The molecule has 2 aromatic rings. The summed E-state index contributed by atoms with van der Waals surface area (Å²) in [7, 11) is 0. The molecular weight excluding hydrogens is 316 g/mol. The first-order chi connectivity index (χ1) is 9.15. The first kappa shape index (κ1) is 15.2. The van der Waals surface area contributed by atoms with Crippen molar-refractivity contribution in [2.24, 2.45) is 0 Å². The number of pyridine rings is 2. The minimum absolute atomic E-state index is 0.285. The molecule has 0 amide bonds. The summed E-state index contributed by atoms with van der Waals surface area (Å²) in [5, 5.41) is 8.94. The van der Waals surface area contributed by atoms with Crippen LogP contribution in [0.3, 0.4) is 0 Å². The topological polar surface area (TPSA) is 49.6 Å². The molecule has 19 heavy (non-hydrogen) atoms. The molecule has 0 aromatic carbocycles. The largest absolute Gasteiger partial charge is 0.228 e. The van der Waals surface area contributed by atoms with Crippen LogP contribution in [0.1, 0.15) is 11.1 Å². The summed E-state index contributed by atoms with van der Waals surface area (Å²) in [6.07, 6.45) is 3.15. The maximum atomic E-state index is 12.1. The van der Waals surface area contributed by atoms with Gasteiger partial charge in [-0.05, 0) is 23.3 Å². The van der Waals surface area contributed by atoms with Crippen molar-refractivity contribution in [1.82, 2.24) is 9.97 Å². The highest BCUT2D eigenvalue weighted by molar-refractivity contribution is 9.08. The van der Waals surface area contributed by atoms with Gasteiger partial charge < -0.3 is 0 Å². The van der Waals surface area contributed by atoms with Gasteiger partial charge in [-0.3, -0.25) is 0 Å². The molecule has 0 aliphatic rings. The second kappa shape index (κ2) is 8.27. The van der Waals surface area contributed by atoms with Crippen LogP contribution in [-0.2, 0) is 11.8 Å². The molecule has 0 spiro atoms. The fraction of sp³-hybridized carbons (Fsp3) is 0.154. The molecule has 98 valence electrons. The van der Waals surface area contributed by atoms with Crippen molar-refractivity contribution >= 4 is 15.9 Å². The fourth-order valence-corrected chi connectivity index (χ4v) is 1.42. The second-order valence-corrected chi connectivity index (χ2v) is 4.01. The van der Waals surface area contributed by atoms with Gasteiger partial charge in [0.1, 0.15) is 0 Å². The Bertz CT molecular complexity index is 535. The van der Waals surface area contributed by atoms with E-state index in [0.717, 1.165) is 16.5 Å². The summed E-state index contributed by atoms with van der Waals surface area (Å²) in [6.45, 7) is 0. The highest BCUT2D eigenvalue weighted by Crippen LogP contribution is 2.02. The van der Waals surface area contributed by atoms with Crippen LogP contribution in [0.15, 0.2) is 36.7 Å². The second-order valence-electron chi connectivity index (χ2n) is 3.45. The van der Waals surface area contributed by atoms with E-state index >= 15 is 0 Å². The average Bonchev–Trinajstić information content (AvgIpc) is 2.43. The van der Waals surface area contributed by atoms with Crippen molar-refractivity contribution < 1.29 is 8.78 Å². The Labute approximate surface area is 118 Å². The Morgan fingerprint density at radius 3 is 1.89 bits per heavy atom. The van der Waals surface area contributed by atoms with Crippen LogP contribution < -0.4 is 0 Å². The van der Waals surface area contributed by atoms with Crippen molar-refractivity contribution in [3.05, 3.63) is 59.7 Å². The van der Waals surface area contributed by atoms with Gasteiger partial charge in [-0.2, -0.15) is 14.0 Å². The van der Waals surface area contributed by atoms with Gasteiger partial charge in [0, 0.05) is 17.7 Å². The molecule has 3 nitrogen and oxygen atoms in total. The van der Waals surface area contributed by atoms with E-state index in [2.05, 4.69) is 25.9 Å². The number of hydrogen-bond donors (Lipinski definition) is 0. The first-order valence-corrected chi connectivity index (χ1v) is 6.41. The van der Waals surface area contributed by atoms with Crippen molar-refractivity contribution in [3.63, 3.8) is 0 Å². The van der Waals surface area contributed by atoms with E-state index in [9.17, 15) is 8.78 Å². The molecule has 0 saturated carbocycles. The minimum atomic E-state index is -0.512. The summed E-state index contributed by atoms with van der Waals surface area (Å²) in [4.78, 5) is 6.83. The van der Waals surface area contributed by atoms with E-state index in [4.69, 9.17) is 5.26 Å². The maximum Gasteiger partial charge on any atom is 0.212 e. The molecule has 0 unspecified atom stereocenters. The third kappa shape index (κ3) is 6.02. The molecule has 0 aliphatic carbocycles. The SMILES string of the molecule is Fc1ccc(CBr)cn1.N#CCc1ccc(F)nc1. The molecule has 0 bridgehead atoms. The molecule has 2 aromatic heterocycles. The summed E-state index contributed by atoms with van der Waals surface area (Å²) < 4.78 is 24.2. The Balaban J connectivity index is 0.000000191. The van der Waals surface area contributed by atoms with Gasteiger partial charge in [-0.15, -0.1) is 0 Å². The van der Waals surface area contributed by atoms with Gasteiger partial charge in [0.05, 0.1) is 12.5 Å². The predicted octanol–water partition coefficient (Wildman–Crippen LogP) is 3.40. The standard InChI is InChI=1S/C7H5FN2.C6H5BrFN/c8-7-2-1-6(3-4-9)5-10-7;7-3-5-1-2-6(8)9-4-5/h1-2,5H,3H2;1-2,4H,3H2. The van der Waals surface area contributed by atoms with Gasteiger partial charge in [-0.25, -0.2) is 9.97 Å². The third-order valence-electron chi connectivity index (χ3n) is 2.01. The Hall–Kier alpha value is -1.87. The van der Waals surface area contributed by atoms with Gasteiger partial charge in [-0.1, -0.05) is 28.1 Å². The molecule has 6 heteroatoms. The number of rotatable bonds is 2. The zero-order chi connectivity index (χ0) is 14.1. The van der Waals surface area contributed by atoms with E-state index in [-0.39, 0.29) is 6.42 Å². The van der Waals surface area contributed by atoms with E-state index in [1.807, 2.05) is 6.07 Å². The van der Waals surface area contributed by atoms with Crippen LogP contribution >= 0.6 is 15.9 Å². The maximum absolute atomic E-state index is 12.1. The Morgan fingerprint density at radius 1 is 1.00 bits per heavy atom. The lowest BCUT2D eigenvalue weighted by Gasteiger charge is -1.90. The number of alkyl halides is 1. The summed E-state index contributed by atoms with van der Waals surface area (Å²) in [5.41, 5.74) is 1.72. The van der Waals surface area contributed by atoms with Gasteiger partial charge >= 0.3 is 0 Å². The highest BCUT2D eigenvalue weighted by atomic mass is 79.9. The molecule has 0 N–H and O–H groups in total. The zero-order valence-electron chi connectivity index (χ0n) is 9.85. The van der Waals surface area contributed by atoms with E-state index in [1.54, 1.807) is 12.1 Å². The van der Waals surface area contributed by atoms with Gasteiger partial charge in [0.25, 0.3) is 0 Å². The normalized spacial score (nSPS) is 9.16. The Morgan fingerprint density at radius 2 is 1.53 bits per heavy atom. The van der Waals surface area contributed by atoms with Crippen LogP contribution in [0, 0.1) is 23.2 Å². The van der Waals surface area contributed by atoms with Crippen LogP contribution in [-0.4, -0.2) is 9.97 Å². The van der Waals surface area contributed by atoms with Gasteiger partial charge in [0.2, 0.25) is 11.9 Å². The van der Waals surface area contributed by atoms with Crippen molar-refractivity contribution in [3.8, 4) is 6.07 Å². The monoisotopic (exact) mass is 325 g/mol. The average molecular weight is 326 g/mol. The van der Waals surface area contributed by atoms with Crippen LogP contribution in [0.4, 0.5) is 8.78 Å². The highest BCUT2D eigenvalue weighted by Gasteiger charge is 1.91. The number of nitrogens with zero attached hydrogens (tertiary/aromatic N) is 3. The van der Waals surface area contributed by atoms with Crippen LogP contribution in [0.25, 0.3) is 0 Å². The third-order valence-corrected chi connectivity index (χ3v) is 2.66. The van der Waals surface area contributed by atoms with E-state index in [0.29, 0.717) is 0 Å². The Kier molecular flexibility index (Phi) is 6.61. The molecular formula is C13H10BrF2N3. The van der Waals surface area contributed by atoms with Crippen molar-refractivity contribution in [2.75, 3.05) is 0 Å². The number of halogens is 3. The summed E-state index contributed by atoms with van der Waals surface area (Å²) in [6, 6.07) is 7.77. The van der Waals surface area contributed by atoms with Crippen LogP contribution in [0.2, 0.25) is 0 Å². The molecule has 0 radical (unpaired) electrons. The first-order valence-electron chi connectivity index (χ1n) is 5.29. The number of nitriles is 1. The van der Waals surface area contributed by atoms with E-state index in [1.165, 1.54) is 24.5 Å². The molecule has 2 rings (SSSR count). The molecule has 0 atom stereocenters. The van der Waals surface area contributed by atoms with Gasteiger partial charge in [0.15, 0.2) is 0 Å². The lowest BCUT2D eigenvalue weighted by Crippen LogP contribution is -1.85. The minimum Gasteiger partial charge on any atom is -0.228 e. The summed E-state index contributed by atoms with van der Waals surface area (Å²) >= 11 is 3.22. The molecule has 2 heterocycles. The lowest BCUT2D eigenvalue weighted by atomic mass is 10.2. The zero-order valence-corrected chi connectivity index (χ0v) is 11.4. The van der Waals surface area contributed by atoms with Crippen molar-refractivity contribution in [2.45, 2.75) is 11.8 Å². The number of aromatic nitrogens is 2.